The molecule has 0 spiro atoms. The smallest absolute Gasteiger partial charge is 0.443 e. The highest BCUT2D eigenvalue weighted by Crippen LogP contribution is 2.48. The molecule has 8 nitrogen and oxygen atoms in total. The normalized spacial score (nSPS) is 27.9. The predicted molar refractivity (Wildman–Crippen MR) is 153 cm³/mol. The summed E-state index contributed by atoms with van der Waals surface area (Å²) in [6, 6.07) is 5.21. The van der Waals surface area contributed by atoms with E-state index in [1.807, 2.05) is 59.0 Å². The Hall–Kier alpha value is -2.38. The van der Waals surface area contributed by atoms with Gasteiger partial charge in [-0.2, -0.15) is 26.3 Å². The van der Waals surface area contributed by atoms with Crippen LogP contribution in [-0.2, 0) is 0 Å². The van der Waals surface area contributed by atoms with E-state index < -0.39 is 35.8 Å². The molecule has 0 aliphatic carbocycles. The second-order valence-electron chi connectivity index (χ2n) is 11.9. The Morgan fingerprint density at radius 1 is 0.674 bits per heavy atom. The third-order valence-corrected chi connectivity index (χ3v) is 9.50. The quantitative estimate of drug-likeness (QED) is 0.264. The number of hydrogen-bond donors (Lipinski definition) is 0. The minimum atomic E-state index is -4.74. The van der Waals surface area contributed by atoms with Gasteiger partial charge >= 0.3 is 24.9 Å². The van der Waals surface area contributed by atoms with E-state index in [9.17, 15) is 35.9 Å². The molecule has 16 heteroatoms. The zero-order valence-electron chi connectivity index (χ0n) is 22.4. The van der Waals surface area contributed by atoms with E-state index in [0.29, 0.717) is 13.6 Å². The van der Waals surface area contributed by atoms with Crippen molar-refractivity contribution in [1.29, 1.82) is 0 Å². The number of halogens is 8. The third-order valence-electron chi connectivity index (χ3n) is 7.72. The number of ether oxygens (including phenoxy) is 4. The van der Waals surface area contributed by atoms with Crippen LogP contribution in [0.3, 0.4) is 0 Å². The lowest BCUT2D eigenvalue weighted by atomic mass is 9.65. The third kappa shape index (κ3) is 5.65. The zero-order valence-corrected chi connectivity index (χ0v) is 26.7. The fourth-order valence-corrected chi connectivity index (χ4v) is 7.82. The molecule has 2 aromatic rings. The molecule has 0 N–H and O–H groups in total. The van der Waals surface area contributed by atoms with Crippen molar-refractivity contribution in [2.45, 2.75) is 45.2 Å². The molecule has 232 valence electrons. The summed E-state index contributed by atoms with van der Waals surface area (Å²) in [6.45, 7) is 4.97. The van der Waals surface area contributed by atoms with E-state index in [2.05, 4.69) is 0 Å². The van der Waals surface area contributed by atoms with Gasteiger partial charge in [-0.05, 0) is 75.9 Å². The summed E-state index contributed by atoms with van der Waals surface area (Å²) in [5.74, 6) is -1.30. The number of hydrogen-bond acceptors (Lipinski definition) is 6. The van der Waals surface area contributed by atoms with Crippen LogP contribution in [0.2, 0.25) is 0 Å². The molecule has 4 heterocycles. The number of amides is 2. The van der Waals surface area contributed by atoms with E-state index >= 15 is 0 Å². The first-order valence-electron chi connectivity index (χ1n) is 12.9. The number of benzene rings is 2. The Balaban J connectivity index is 1.20. The molecule has 6 rings (SSSR count). The van der Waals surface area contributed by atoms with Crippen molar-refractivity contribution in [3.05, 3.63) is 42.5 Å². The molecule has 4 aliphatic rings. The average molecular weight is 838 g/mol. The first kappa shape index (κ1) is 30.6. The number of likely N-dealkylation sites (tertiary alicyclic amines) is 2. The maximum absolute atomic E-state index is 13.7. The minimum Gasteiger partial charge on any atom is -0.443 e. The van der Waals surface area contributed by atoms with Gasteiger partial charge in [-0.1, -0.05) is 13.8 Å². The van der Waals surface area contributed by atoms with Gasteiger partial charge in [0, 0.05) is 44.1 Å². The Bertz CT molecular complexity index is 1410. The van der Waals surface area contributed by atoms with Crippen LogP contribution in [0.4, 0.5) is 26.3 Å². The number of fused-ring (bicyclic) bond motifs is 4. The summed E-state index contributed by atoms with van der Waals surface area (Å²) in [7, 11) is 0. The van der Waals surface area contributed by atoms with Crippen molar-refractivity contribution >= 4 is 57.0 Å². The maximum atomic E-state index is 13.7. The van der Waals surface area contributed by atoms with E-state index in [-0.39, 0.29) is 72.1 Å². The Kier molecular flexibility index (Phi) is 7.17. The van der Waals surface area contributed by atoms with Gasteiger partial charge in [0.15, 0.2) is 23.0 Å². The first-order chi connectivity index (χ1) is 19.8. The summed E-state index contributed by atoms with van der Waals surface area (Å²) in [4.78, 5) is 30.7. The Labute approximate surface area is 268 Å². The van der Waals surface area contributed by atoms with Gasteiger partial charge < -0.3 is 28.7 Å². The van der Waals surface area contributed by atoms with Crippen LogP contribution in [0.25, 0.3) is 0 Å². The predicted octanol–water partition coefficient (Wildman–Crippen LogP) is 6.23. The highest BCUT2D eigenvalue weighted by atomic mass is 127. The molecule has 2 fully saturated rings. The summed E-state index contributed by atoms with van der Waals surface area (Å²) in [5, 5.41) is 0. The van der Waals surface area contributed by atoms with Crippen molar-refractivity contribution in [1.82, 2.24) is 9.80 Å². The number of carbonyl (C=O) groups is 2. The van der Waals surface area contributed by atoms with Crippen molar-refractivity contribution in [2.75, 3.05) is 26.2 Å². The van der Waals surface area contributed by atoms with E-state index in [1.165, 1.54) is 24.3 Å². The average Bonchev–Trinajstić information content (AvgIpc) is 3.49. The summed E-state index contributed by atoms with van der Waals surface area (Å²) < 4.78 is 99.1. The lowest BCUT2D eigenvalue weighted by molar-refractivity contribution is -0.242. The number of piperidine rings is 2. The van der Waals surface area contributed by atoms with Gasteiger partial charge in [0.25, 0.3) is 11.8 Å². The number of carbonyl (C=O) groups excluding carboxylic acids is 2. The first-order valence-corrected chi connectivity index (χ1v) is 15.1. The van der Waals surface area contributed by atoms with Gasteiger partial charge in [0.05, 0.1) is 11.1 Å². The van der Waals surface area contributed by atoms with Gasteiger partial charge in [0.2, 0.25) is 0 Å². The second kappa shape index (κ2) is 10.1. The summed E-state index contributed by atoms with van der Waals surface area (Å²) >= 11 is 3.75. The van der Waals surface area contributed by atoms with Crippen LogP contribution in [0.5, 0.6) is 23.0 Å². The van der Waals surface area contributed by atoms with Gasteiger partial charge in [-0.15, -0.1) is 0 Å². The minimum absolute atomic E-state index is 0.0982. The van der Waals surface area contributed by atoms with Crippen molar-refractivity contribution in [2.24, 2.45) is 10.8 Å². The number of rotatable bonds is 2. The molecule has 2 saturated heterocycles. The molecule has 2 amide bonds. The van der Waals surface area contributed by atoms with Crippen LogP contribution < -0.4 is 18.9 Å². The van der Waals surface area contributed by atoms with Gasteiger partial charge in [0.1, 0.15) is 0 Å². The van der Waals surface area contributed by atoms with Crippen LogP contribution in [-0.4, -0.2) is 72.7 Å². The van der Waals surface area contributed by atoms with E-state index in [1.54, 1.807) is 9.80 Å². The van der Waals surface area contributed by atoms with Crippen LogP contribution in [0.15, 0.2) is 24.3 Å². The van der Waals surface area contributed by atoms with Crippen molar-refractivity contribution in [3.63, 3.8) is 0 Å². The molecular weight excluding hydrogens is 816 g/mol. The van der Waals surface area contributed by atoms with Crippen molar-refractivity contribution < 1.29 is 54.9 Å². The molecule has 2 bridgehead atoms. The van der Waals surface area contributed by atoms with E-state index in [4.69, 9.17) is 18.9 Å². The van der Waals surface area contributed by atoms with E-state index in [0.717, 1.165) is 0 Å². The SMILES string of the molecule is CC12CN(C(=O)c3cc4c(cc3I)OC(C(F)(F)F)O4)CC(C)(CN(C(=O)c3cc4c(cc3I)OC(C(F)(F)F)O4)C1)C2. The highest BCUT2D eigenvalue weighted by Gasteiger charge is 2.52. The Morgan fingerprint density at radius 2 is 0.977 bits per heavy atom. The molecule has 2 aromatic carbocycles. The Morgan fingerprint density at radius 3 is 1.28 bits per heavy atom. The van der Waals surface area contributed by atoms with Crippen molar-refractivity contribution in [3.8, 4) is 23.0 Å². The fourth-order valence-electron chi connectivity index (χ4n) is 6.48. The van der Waals surface area contributed by atoms with Crippen LogP contribution in [0.1, 0.15) is 41.0 Å². The topological polar surface area (TPSA) is 77.5 Å². The van der Waals surface area contributed by atoms with Crippen LogP contribution in [0, 0.1) is 18.0 Å². The fraction of sp³-hybridized carbons (Fsp3) is 0.481. The highest BCUT2D eigenvalue weighted by molar-refractivity contribution is 14.1. The number of nitrogens with zero attached hydrogens (tertiary/aromatic N) is 2. The molecule has 43 heavy (non-hydrogen) atoms. The van der Waals surface area contributed by atoms with Gasteiger partial charge in [-0.3, -0.25) is 9.59 Å². The monoisotopic (exact) mass is 838 g/mol. The standard InChI is InChI=1S/C27H22F6I2N2O6/c1-24-7-25(2,10-36(8-24)20(38)12-3-16-18(5-14(12)34)42-22(40-16)26(28,29)30)11-37(9-24)21(39)13-4-17-19(6-15(13)35)43-23(41-17)27(31,32)33/h3-6,22-23H,7-11H2,1-2H3. The lowest BCUT2D eigenvalue weighted by Gasteiger charge is -2.56. The summed E-state index contributed by atoms with van der Waals surface area (Å²) in [6.07, 6.45) is -13.7. The second-order valence-corrected chi connectivity index (χ2v) is 14.2. The molecule has 0 saturated carbocycles. The molecule has 4 aliphatic heterocycles. The number of alkyl halides is 6. The molecule has 2 atom stereocenters. The molecule has 0 aromatic heterocycles. The summed E-state index contributed by atoms with van der Waals surface area (Å²) in [5.41, 5.74) is -0.720. The van der Waals surface area contributed by atoms with Crippen LogP contribution >= 0.6 is 45.2 Å². The largest absolute Gasteiger partial charge is 0.464 e. The molecular formula is C27H22F6I2N2O6. The lowest BCUT2D eigenvalue weighted by Crippen LogP contribution is -2.64. The molecule has 0 radical (unpaired) electrons. The van der Waals surface area contributed by atoms with Gasteiger partial charge in [-0.25, -0.2) is 0 Å². The molecule has 2 unspecified atom stereocenters. The zero-order chi connectivity index (χ0) is 31.3. The maximum Gasteiger partial charge on any atom is 0.464 e.